The van der Waals surface area contributed by atoms with Crippen molar-refractivity contribution >= 4 is 5.97 Å². The van der Waals surface area contributed by atoms with Crippen LogP contribution in [0.25, 0.3) is 11.1 Å². The summed E-state index contributed by atoms with van der Waals surface area (Å²) in [7, 11) is 1.25. The molecule has 1 aliphatic rings. The van der Waals surface area contributed by atoms with Crippen molar-refractivity contribution in [2.24, 2.45) is 5.73 Å². The van der Waals surface area contributed by atoms with Crippen molar-refractivity contribution in [3.8, 4) is 17.2 Å². The van der Waals surface area contributed by atoms with Crippen LogP contribution in [0.1, 0.15) is 18.4 Å². The van der Waals surface area contributed by atoms with Gasteiger partial charge < -0.3 is 15.2 Å². The van der Waals surface area contributed by atoms with Gasteiger partial charge in [-0.3, -0.25) is 4.98 Å². The summed E-state index contributed by atoms with van der Waals surface area (Å²) < 4.78 is 23.4. The molecule has 2 N–H and O–H groups in total. The van der Waals surface area contributed by atoms with Crippen LogP contribution in [0.15, 0.2) is 65.5 Å². The molecule has 0 fully saturated rings. The molecule has 0 amide bonds. The highest BCUT2D eigenvalue weighted by Gasteiger charge is 2.36. The maximum Gasteiger partial charge on any atom is 0.338 e. The van der Waals surface area contributed by atoms with Gasteiger partial charge in [0.05, 0.1) is 18.6 Å². The molecular formula is C20H16FN3O3. The molecule has 27 heavy (non-hydrogen) atoms. The first-order valence-corrected chi connectivity index (χ1v) is 8.03. The van der Waals surface area contributed by atoms with E-state index in [-0.39, 0.29) is 28.6 Å². The van der Waals surface area contributed by atoms with Gasteiger partial charge in [0.15, 0.2) is 0 Å². The Labute approximate surface area is 155 Å². The zero-order chi connectivity index (χ0) is 19.6. The Morgan fingerprint density at radius 2 is 2.00 bits per heavy atom. The van der Waals surface area contributed by atoms with E-state index in [1.807, 2.05) is 6.07 Å². The van der Waals surface area contributed by atoms with Gasteiger partial charge >= 0.3 is 5.97 Å². The lowest BCUT2D eigenvalue weighted by Gasteiger charge is -2.26. The van der Waals surface area contributed by atoms with Gasteiger partial charge in [0, 0.05) is 18.0 Å². The second-order valence-electron chi connectivity index (χ2n) is 5.90. The van der Waals surface area contributed by atoms with E-state index in [1.165, 1.54) is 19.2 Å². The number of carbonyl (C=O) groups excluding carboxylic acids is 1. The van der Waals surface area contributed by atoms with Gasteiger partial charge in [-0.2, -0.15) is 5.26 Å². The molecule has 0 bridgehead atoms. The van der Waals surface area contributed by atoms with Crippen LogP contribution in [0.5, 0.6) is 0 Å². The molecule has 1 unspecified atom stereocenters. The number of carbonyl (C=O) groups is 1. The van der Waals surface area contributed by atoms with E-state index in [1.54, 1.807) is 37.5 Å². The van der Waals surface area contributed by atoms with Gasteiger partial charge in [0.2, 0.25) is 5.88 Å². The number of hydrogen-bond acceptors (Lipinski definition) is 6. The first-order valence-electron chi connectivity index (χ1n) is 8.03. The van der Waals surface area contributed by atoms with E-state index in [4.69, 9.17) is 15.2 Å². The number of benzene rings is 1. The molecule has 0 saturated heterocycles. The molecule has 1 aliphatic heterocycles. The van der Waals surface area contributed by atoms with Gasteiger partial charge in [0.25, 0.3) is 0 Å². The number of ether oxygens (including phenoxy) is 2. The summed E-state index contributed by atoms with van der Waals surface area (Å²) in [6, 6.07) is 9.72. The number of allylic oxidation sites excluding steroid dienone is 2. The Kier molecular flexibility index (Phi) is 4.90. The fourth-order valence-corrected chi connectivity index (χ4v) is 3.01. The van der Waals surface area contributed by atoms with Crippen LogP contribution in [0.3, 0.4) is 0 Å². The number of pyridine rings is 1. The standard InChI is InChI=1S/C20H16FN3O3/c1-11-17(20(25)26-2)18(16(8-22)19(23)27-11)14-7-13(9-24-10-14)12-3-5-15(21)6-4-12/h3-7,9-10,18H,23H2,1-2H3. The quantitative estimate of drug-likeness (QED) is 0.839. The summed E-state index contributed by atoms with van der Waals surface area (Å²) in [6.45, 7) is 1.58. The highest BCUT2D eigenvalue weighted by atomic mass is 19.1. The number of rotatable bonds is 3. The van der Waals surface area contributed by atoms with E-state index in [2.05, 4.69) is 4.98 Å². The van der Waals surface area contributed by atoms with Crippen molar-refractivity contribution in [3.63, 3.8) is 0 Å². The minimum Gasteiger partial charge on any atom is -0.466 e. The summed E-state index contributed by atoms with van der Waals surface area (Å²) in [5.41, 5.74) is 8.16. The van der Waals surface area contributed by atoms with Gasteiger partial charge in [-0.05, 0) is 36.2 Å². The van der Waals surface area contributed by atoms with Gasteiger partial charge in [-0.25, -0.2) is 9.18 Å². The third-order valence-corrected chi connectivity index (χ3v) is 4.28. The topological polar surface area (TPSA) is 98.2 Å². The van der Waals surface area contributed by atoms with E-state index >= 15 is 0 Å². The number of aromatic nitrogens is 1. The number of nitriles is 1. The molecule has 7 heteroatoms. The van der Waals surface area contributed by atoms with Gasteiger partial charge in [-0.15, -0.1) is 0 Å². The van der Waals surface area contributed by atoms with E-state index in [0.29, 0.717) is 11.1 Å². The summed E-state index contributed by atoms with van der Waals surface area (Å²) in [5.74, 6) is -1.55. The lowest BCUT2D eigenvalue weighted by molar-refractivity contribution is -0.136. The monoisotopic (exact) mass is 365 g/mol. The third kappa shape index (κ3) is 3.37. The normalized spacial score (nSPS) is 16.6. The number of methoxy groups -OCH3 is 1. The van der Waals surface area contributed by atoms with Crippen LogP contribution < -0.4 is 5.73 Å². The average molecular weight is 365 g/mol. The van der Waals surface area contributed by atoms with Gasteiger partial charge in [-0.1, -0.05) is 12.1 Å². The van der Waals surface area contributed by atoms with Crippen LogP contribution in [0, 0.1) is 17.1 Å². The molecule has 0 aliphatic carbocycles. The minimum atomic E-state index is -0.774. The molecule has 0 spiro atoms. The van der Waals surface area contributed by atoms with Crippen molar-refractivity contribution < 1.29 is 18.7 Å². The molecule has 136 valence electrons. The minimum absolute atomic E-state index is 0.0696. The molecule has 0 saturated carbocycles. The number of esters is 1. The second-order valence-corrected chi connectivity index (χ2v) is 5.90. The fourth-order valence-electron chi connectivity index (χ4n) is 3.01. The Morgan fingerprint density at radius 1 is 1.30 bits per heavy atom. The average Bonchev–Trinajstić information content (AvgIpc) is 2.67. The molecule has 1 atom stereocenters. The fraction of sp³-hybridized carbons (Fsp3) is 0.150. The van der Waals surface area contributed by atoms with Crippen molar-refractivity contribution in [3.05, 3.63) is 76.9 Å². The molecule has 3 rings (SSSR count). The summed E-state index contributed by atoms with van der Waals surface area (Å²) >= 11 is 0. The zero-order valence-electron chi connectivity index (χ0n) is 14.7. The first kappa shape index (κ1) is 18.1. The van der Waals surface area contributed by atoms with Crippen LogP contribution in [0.2, 0.25) is 0 Å². The number of hydrogen-bond donors (Lipinski definition) is 1. The third-order valence-electron chi connectivity index (χ3n) is 4.28. The molecule has 6 nitrogen and oxygen atoms in total. The maximum atomic E-state index is 13.2. The summed E-state index contributed by atoms with van der Waals surface area (Å²) in [6.07, 6.45) is 3.16. The number of nitrogens with two attached hydrogens (primary N) is 1. The molecule has 2 aromatic rings. The van der Waals surface area contributed by atoms with Crippen LogP contribution in [-0.4, -0.2) is 18.1 Å². The SMILES string of the molecule is COC(=O)C1=C(C)OC(N)=C(C#N)C1c1cncc(-c2ccc(F)cc2)c1. The van der Waals surface area contributed by atoms with E-state index in [9.17, 15) is 14.4 Å². The Hall–Kier alpha value is -3.66. The van der Waals surface area contributed by atoms with Crippen LogP contribution >= 0.6 is 0 Å². The molecule has 2 heterocycles. The Bertz CT molecular complexity index is 1000. The second kappa shape index (κ2) is 7.30. The lowest BCUT2D eigenvalue weighted by atomic mass is 9.83. The number of nitrogens with zero attached hydrogens (tertiary/aromatic N) is 2. The largest absolute Gasteiger partial charge is 0.466 e. The van der Waals surface area contributed by atoms with Crippen LogP contribution in [-0.2, 0) is 14.3 Å². The van der Waals surface area contributed by atoms with E-state index in [0.717, 1.165) is 5.56 Å². The Morgan fingerprint density at radius 3 is 2.63 bits per heavy atom. The summed E-state index contributed by atoms with van der Waals surface area (Å²) in [5, 5.41) is 9.56. The first-order chi connectivity index (χ1) is 13.0. The molecule has 0 radical (unpaired) electrons. The van der Waals surface area contributed by atoms with Gasteiger partial charge in [0.1, 0.15) is 23.2 Å². The summed E-state index contributed by atoms with van der Waals surface area (Å²) in [4.78, 5) is 16.5. The highest BCUT2D eigenvalue weighted by molar-refractivity contribution is 5.92. The van der Waals surface area contributed by atoms with Crippen molar-refractivity contribution in [1.29, 1.82) is 5.26 Å². The highest BCUT2D eigenvalue weighted by Crippen LogP contribution is 2.40. The number of halogens is 1. The maximum absolute atomic E-state index is 13.2. The smallest absolute Gasteiger partial charge is 0.338 e. The van der Waals surface area contributed by atoms with Crippen LogP contribution in [0.4, 0.5) is 4.39 Å². The van der Waals surface area contributed by atoms with Crippen molar-refractivity contribution in [1.82, 2.24) is 4.98 Å². The lowest BCUT2D eigenvalue weighted by Crippen LogP contribution is -2.25. The predicted octanol–water partition coefficient (Wildman–Crippen LogP) is 3.14. The Balaban J connectivity index is 2.15. The predicted molar refractivity (Wildman–Crippen MR) is 95.0 cm³/mol. The van der Waals surface area contributed by atoms with E-state index < -0.39 is 11.9 Å². The zero-order valence-corrected chi connectivity index (χ0v) is 14.7. The van der Waals surface area contributed by atoms with Crippen molar-refractivity contribution in [2.75, 3.05) is 7.11 Å². The molecular weight excluding hydrogens is 349 g/mol. The molecule has 1 aromatic carbocycles. The molecule has 1 aromatic heterocycles. The van der Waals surface area contributed by atoms with Crippen molar-refractivity contribution in [2.45, 2.75) is 12.8 Å².